The van der Waals surface area contributed by atoms with Crippen LogP contribution in [0.2, 0.25) is 5.02 Å². The van der Waals surface area contributed by atoms with Crippen molar-refractivity contribution in [2.24, 2.45) is 0 Å². The third-order valence-electron chi connectivity index (χ3n) is 3.76. The quantitative estimate of drug-likeness (QED) is 0.808. The molecule has 0 aliphatic carbocycles. The zero-order chi connectivity index (χ0) is 14.7. The number of morpholine rings is 2. The summed E-state index contributed by atoms with van der Waals surface area (Å²) in [4.78, 5) is 20.4. The van der Waals surface area contributed by atoms with E-state index in [4.69, 9.17) is 21.1 Å². The Morgan fingerprint density at radius 3 is 2.86 bits per heavy atom. The van der Waals surface area contributed by atoms with Crippen LogP contribution in [-0.4, -0.2) is 67.9 Å². The third kappa shape index (κ3) is 3.28. The van der Waals surface area contributed by atoms with Gasteiger partial charge in [-0.1, -0.05) is 11.6 Å². The van der Waals surface area contributed by atoms with Gasteiger partial charge in [0, 0.05) is 32.0 Å². The van der Waals surface area contributed by atoms with Gasteiger partial charge in [0.05, 0.1) is 37.1 Å². The molecular formula is C14H18ClN3O3. The molecule has 3 rings (SSSR count). The van der Waals surface area contributed by atoms with E-state index in [0.717, 1.165) is 12.2 Å². The van der Waals surface area contributed by atoms with Crippen molar-refractivity contribution in [3.8, 4) is 0 Å². The molecule has 0 N–H and O–H groups in total. The van der Waals surface area contributed by atoms with Crippen molar-refractivity contribution in [3.05, 3.63) is 23.5 Å². The first-order valence-electron chi connectivity index (χ1n) is 7.08. The van der Waals surface area contributed by atoms with Gasteiger partial charge in [0.25, 0.3) is 5.91 Å². The molecular weight excluding hydrogens is 294 g/mol. The fraction of sp³-hybridized carbons (Fsp3) is 0.571. The molecule has 2 saturated heterocycles. The van der Waals surface area contributed by atoms with E-state index in [1.807, 2.05) is 11.0 Å². The van der Waals surface area contributed by atoms with Gasteiger partial charge in [-0.15, -0.1) is 0 Å². The summed E-state index contributed by atoms with van der Waals surface area (Å²) < 4.78 is 10.9. The van der Waals surface area contributed by atoms with Gasteiger partial charge in [0.2, 0.25) is 0 Å². The summed E-state index contributed by atoms with van der Waals surface area (Å²) in [6.07, 6.45) is 2.88. The van der Waals surface area contributed by atoms with Crippen molar-refractivity contribution < 1.29 is 14.3 Å². The number of hydrogen-bond donors (Lipinski definition) is 0. The Kier molecular flexibility index (Phi) is 4.57. The molecule has 0 radical (unpaired) electrons. The highest BCUT2D eigenvalue weighted by Gasteiger charge is 2.31. The number of ether oxygens (including phenoxy) is 2. The molecule has 114 valence electrons. The fourth-order valence-corrected chi connectivity index (χ4v) is 2.87. The van der Waals surface area contributed by atoms with Crippen LogP contribution in [-0.2, 0) is 14.3 Å². The van der Waals surface area contributed by atoms with Crippen molar-refractivity contribution in [2.45, 2.75) is 6.10 Å². The van der Waals surface area contributed by atoms with E-state index >= 15 is 0 Å². The third-order valence-corrected chi connectivity index (χ3v) is 4.05. The highest BCUT2D eigenvalue weighted by Crippen LogP contribution is 2.26. The summed E-state index contributed by atoms with van der Waals surface area (Å²) in [5.41, 5.74) is 0.898. The van der Waals surface area contributed by atoms with Crippen LogP contribution in [0, 0.1) is 0 Å². The maximum Gasteiger partial charge on any atom is 0.253 e. The standard InChI is InChI=1S/C14H18ClN3O3/c15-11-9-16-2-1-12(11)18-5-8-21-13(10-18)14(19)17-3-6-20-7-4-17/h1-2,9,13H,3-8,10H2. The number of aromatic nitrogens is 1. The first-order chi connectivity index (χ1) is 10.3. The van der Waals surface area contributed by atoms with Crippen LogP contribution < -0.4 is 4.90 Å². The Morgan fingerprint density at radius 2 is 2.10 bits per heavy atom. The van der Waals surface area contributed by atoms with Crippen molar-refractivity contribution in [1.29, 1.82) is 0 Å². The number of nitrogens with zero attached hydrogens (tertiary/aromatic N) is 3. The minimum absolute atomic E-state index is 0.0354. The number of anilines is 1. The smallest absolute Gasteiger partial charge is 0.253 e. The number of carbonyl (C=O) groups is 1. The first kappa shape index (κ1) is 14.6. The molecule has 1 atom stereocenters. The van der Waals surface area contributed by atoms with Gasteiger partial charge in [0.15, 0.2) is 6.10 Å². The fourth-order valence-electron chi connectivity index (χ4n) is 2.63. The van der Waals surface area contributed by atoms with E-state index in [1.165, 1.54) is 0 Å². The molecule has 1 aromatic rings. The lowest BCUT2D eigenvalue weighted by Crippen LogP contribution is -2.53. The molecule has 2 aliphatic rings. The second-order valence-corrected chi connectivity index (χ2v) is 5.48. The zero-order valence-electron chi connectivity index (χ0n) is 11.7. The molecule has 2 aliphatic heterocycles. The van der Waals surface area contributed by atoms with Crippen LogP contribution in [0.3, 0.4) is 0 Å². The van der Waals surface area contributed by atoms with Gasteiger partial charge < -0.3 is 19.3 Å². The Bertz CT molecular complexity index is 508. The number of halogens is 1. The Balaban J connectivity index is 1.68. The van der Waals surface area contributed by atoms with Gasteiger partial charge in [-0.2, -0.15) is 0 Å². The predicted octanol–water partition coefficient (Wildman–Crippen LogP) is 0.799. The molecule has 0 aromatic carbocycles. The van der Waals surface area contributed by atoms with E-state index in [2.05, 4.69) is 9.88 Å². The van der Waals surface area contributed by atoms with Crippen molar-refractivity contribution in [3.63, 3.8) is 0 Å². The Labute approximate surface area is 128 Å². The number of carbonyl (C=O) groups excluding carboxylic acids is 1. The summed E-state index contributed by atoms with van der Waals surface area (Å²) in [5, 5.41) is 0.594. The second-order valence-electron chi connectivity index (χ2n) is 5.07. The van der Waals surface area contributed by atoms with Gasteiger partial charge >= 0.3 is 0 Å². The average Bonchev–Trinajstić information content (AvgIpc) is 2.55. The average molecular weight is 312 g/mol. The van der Waals surface area contributed by atoms with E-state index in [-0.39, 0.29) is 5.91 Å². The molecule has 1 amide bonds. The Hall–Kier alpha value is -1.37. The summed E-state index contributed by atoms with van der Waals surface area (Å²) in [6, 6.07) is 1.87. The van der Waals surface area contributed by atoms with Crippen molar-refractivity contribution in [1.82, 2.24) is 9.88 Å². The van der Waals surface area contributed by atoms with E-state index in [0.29, 0.717) is 44.5 Å². The van der Waals surface area contributed by atoms with E-state index in [9.17, 15) is 4.79 Å². The lowest BCUT2D eigenvalue weighted by atomic mass is 10.2. The van der Waals surface area contributed by atoms with E-state index in [1.54, 1.807) is 12.4 Å². The second kappa shape index (κ2) is 6.60. The monoisotopic (exact) mass is 311 g/mol. The number of amides is 1. The molecule has 3 heterocycles. The first-order valence-corrected chi connectivity index (χ1v) is 7.46. The highest BCUT2D eigenvalue weighted by molar-refractivity contribution is 6.33. The normalized spacial score (nSPS) is 23.2. The summed E-state index contributed by atoms with van der Waals surface area (Å²) in [7, 11) is 0. The molecule has 1 aromatic heterocycles. The van der Waals surface area contributed by atoms with Crippen LogP contribution in [0.25, 0.3) is 0 Å². The van der Waals surface area contributed by atoms with Crippen molar-refractivity contribution >= 4 is 23.2 Å². The van der Waals surface area contributed by atoms with Gasteiger partial charge in [-0.05, 0) is 6.07 Å². The van der Waals surface area contributed by atoms with Crippen molar-refractivity contribution in [2.75, 3.05) is 50.9 Å². The number of pyridine rings is 1. The lowest BCUT2D eigenvalue weighted by Gasteiger charge is -2.37. The van der Waals surface area contributed by atoms with Crippen LogP contribution in [0.4, 0.5) is 5.69 Å². The maximum atomic E-state index is 12.5. The van der Waals surface area contributed by atoms with Gasteiger partial charge in [-0.3, -0.25) is 9.78 Å². The van der Waals surface area contributed by atoms with Gasteiger partial charge in [0.1, 0.15) is 0 Å². The SMILES string of the molecule is O=C(C1CN(c2ccncc2Cl)CCO1)N1CCOCC1. The molecule has 21 heavy (non-hydrogen) atoms. The van der Waals surface area contributed by atoms with Crippen LogP contribution in [0.1, 0.15) is 0 Å². The van der Waals surface area contributed by atoms with Gasteiger partial charge in [-0.25, -0.2) is 0 Å². The van der Waals surface area contributed by atoms with Crippen LogP contribution >= 0.6 is 11.6 Å². The molecule has 2 fully saturated rings. The van der Waals surface area contributed by atoms with E-state index < -0.39 is 6.10 Å². The topological polar surface area (TPSA) is 54.9 Å². The summed E-state index contributed by atoms with van der Waals surface area (Å²) in [5.74, 6) is 0.0354. The largest absolute Gasteiger partial charge is 0.378 e. The lowest BCUT2D eigenvalue weighted by molar-refractivity contribution is -0.148. The number of rotatable bonds is 2. The van der Waals surface area contributed by atoms with Crippen LogP contribution in [0.15, 0.2) is 18.5 Å². The molecule has 7 heteroatoms. The molecule has 0 spiro atoms. The summed E-state index contributed by atoms with van der Waals surface area (Å²) in [6.45, 7) is 4.20. The minimum atomic E-state index is -0.443. The highest BCUT2D eigenvalue weighted by atomic mass is 35.5. The molecule has 6 nitrogen and oxygen atoms in total. The Morgan fingerprint density at radius 1 is 1.29 bits per heavy atom. The maximum absolute atomic E-state index is 12.5. The predicted molar refractivity (Wildman–Crippen MR) is 78.6 cm³/mol. The number of hydrogen-bond acceptors (Lipinski definition) is 5. The van der Waals surface area contributed by atoms with Crippen LogP contribution in [0.5, 0.6) is 0 Å². The minimum Gasteiger partial charge on any atom is -0.378 e. The molecule has 0 saturated carbocycles. The summed E-state index contributed by atoms with van der Waals surface area (Å²) >= 11 is 6.18. The zero-order valence-corrected chi connectivity index (χ0v) is 12.5. The molecule has 0 bridgehead atoms. The molecule has 1 unspecified atom stereocenters.